The molecule has 7 nitrogen and oxygen atoms in total. The molecule has 3 heterocycles. The Bertz CT molecular complexity index is 1040. The average molecular weight is 392 g/mol. The molecule has 0 spiro atoms. The molecule has 1 amide bonds. The highest BCUT2D eigenvalue weighted by molar-refractivity contribution is 5.95. The maximum atomic E-state index is 13.2. The third-order valence-corrected chi connectivity index (χ3v) is 5.32. The average Bonchev–Trinajstić information content (AvgIpc) is 3.33. The standard InChI is InChI=1S/C22H24N4O3/c1-13-21(14(2)29-25-13)19-12-18(23-15(3)24-19)20-9-6-10-26(20)22(27)16-7-5-8-17(11-16)28-4/h5,7-8,11-12,20H,6,9-10H2,1-4H3/t20-/m0/s1. The van der Waals surface area contributed by atoms with Gasteiger partial charge in [-0.15, -0.1) is 0 Å². The lowest BCUT2D eigenvalue weighted by molar-refractivity contribution is 0.0732. The Kier molecular flexibility index (Phi) is 5.05. The van der Waals surface area contributed by atoms with E-state index in [0.717, 1.165) is 41.2 Å². The number of carbonyl (C=O) groups is 1. The van der Waals surface area contributed by atoms with E-state index < -0.39 is 0 Å². The van der Waals surface area contributed by atoms with Crippen molar-refractivity contribution < 1.29 is 14.1 Å². The molecule has 1 aliphatic rings. The minimum atomic E-state index is -0.0883. The molecular weight excluding hydrogens is 368 g/mol. The summed E-state index contributed by atoms with van der Waals surface area (Å²) < 4.78 is 10.6. The van der Waals surface area contributed by atoms with Crippen molar-refractivity contribution in [1.29, 1.82) is 0 Å². The Morgan fingerprint density at radius 1 is 1.21 bits per heavy atom. The van der Waals surface area contributed by atoms with Crippen molar-refractivity contribution in [3.05, 3.63) is 58.9 Å². The molecule has 3 aromatic rings. The molecular formula is C22H24N4O3. The summed E-state index contributed by atoms with van der Waals surface area (Å²) in [6.45, 7) is 6.34. The molecule has 1 aromatic carbocycles. The van der Waals surface area contributed by atoms with Crippen LogP contribution in [0.4, 0.5) is 0 Å². The van der Waals surface area contributed by atoms with Gasteiger partial charge in [0.2, 0.25) is 0 Å². The molecule has 0 N–H and O–H groups in total. The first-order chi connectivity index (χ1) is 14.0. The number of ether oxygens (including phenoxy) is 1. The molecule has 7 heteroatoms. The minimum Gasteiger partial charge on any atom is -0.497 e. The maximum absolute atomic E-state index is 13.2. The van der Waals surface area contributed by atoms with E-state index in [1.807, 2.05) is 49.9 Å². The highest BCUT2D eigenvalue weighted by atomic mass is 16.5. The second kappa shape index (κ2) is 7.66. The Labute approximate surface area is 169 Å². The van der Waals surface area contributed by atoms with E-state index in [0.29, 0.717) is 23.7 Å². The van der Waals surface area contributed by atoms with E-state index in [1.165, 1.54) is 0 Å². The smallest absolute Gasteiger partial charge is 0.254 e. The van der Waals surface area contributed by atoms with Gasteiger partial charge < -0.3 is 14.2 Å². The van der Waals surface area contributed by atoms with Crippen molar-refractivity contribution in [1.82, 2.24) is 20.0 Å². The van der Waals surface area contributed by atoms with Gasteiger partial charge in [0, 0.05) is 12.1 Å². The largest absolute Gasteiger partial charge is 0.497 e. The van der Waals surface area contributed by atoms with Crippen molar-refractivity contribution in [3.63, 3.8) is 0 Å². The van der Waals surface area contributed by atoms with Crippen LogP contribution in [0.1, 0.15) is 52.2 Å². The zero-order valence-corrected chi connectivity index (χ0v) is 17.1. The topological polar surface area (TPSA) is 81.4 Å². The second-order valence-corrected chi connectivity index (χ2v) is 7.31. The summed E-state index contributed by atoms with van der Waals surface area (Å²) in [5.74, 6) is 2.05. The van der Waals surface area contributed by atoms with Gasteiger partial charge in [0.05, 0.1) is 35.8 Å². The number of benzene rings is 1. The van der Waals surface area contributed by atoms with Crippen LogP contribution in [0.25, 0.3) is 11.3 Å². The number of carbonyl (C=O) groups excluding carboxylic acids is 1. The maximum Gasteiger partial charge on any atom is 0.254 e. The van der Waals surface area contributed by atoms with Crippen molar-refractivity contribution in [3.8, 4) is 17.0 Å². The Morgan fingerprint density at radius 2 is 2.03 bits per heavy atom. The highest BCUT2D eigenvalue weighted by Gasteiger charge is 2.32. The van der Waals surface area contributed by atoms with E-state index >= 15 is 0 Å². The SMILES string of the molecule is COc1cccc(C(=O)N2CCC[C@H]2c2cc(-c3c(C)noc3C)nc(C)n2)c1. The van der Waals surface area contributed by atoms with Gasteiger partial charge in [-0.3, -0.25) is 4.79 Å². The monoisotopic (exact) mass is 392 g/mol. The number of hydrogen-bond acceptors (Lipinski definition) is 6. The number of hydrogen-bond donors (Lipinski definition) is 0. The van der Waals surface area contributed by atoms with Crippen LogP contribution in [0.15, 0.2) is 34.9 Å². The number of aryl methyl sites for hydroxylation is 3. The van der Waals surface area contributed by atoms with Gasteiger partial charge in [-0.05, 0) is 57.9 Å². The molecule has 2 aromatic heterocycles. The Balaban J connectivity index is 1.69. The zero-order chi connectivity index (χ0) is 20.5. The van der Waals surface area contributed by atoms with Gasteiger partial charge in [0.1, 0.15) is 17.3 Å². The first-order valence-corrected chi connectivity index (χ1v) is 9.71. The summed E-state index contributed by atoms with van der Waals surface area (Å²) in [4.78, 5) is 24.4. The van der Waals surface area contributed by atoms with E-state index in [-0.39, 0.29) is 11.9 Å². The van der Waals surface area contributed by atoms with Crippen LogP contribution in [0.5, 0.6) is 5.75 Å². The van der Waals surface area contributed by atoms with Crippen LogP contribution in [-0.4, -0.2) is 39.6 Å². The van der Waals surface area contributed by atoms with Crippen LogP contribution in [-0.2, 0) is 0 Å². The summed E-state index contributed by atoms with van der Waals surface area (Å²) >= 11 is 0. The van der Waals surface area contributed by atoms with Crippen molar-refractivity contribution in [2.45, 2.75) is 39.7 Å². The summed E-state index contributed by atoms with van der Waals surface area (Å²) in [6.07, 6.45) is 1.80. The first kappa shape index (κ1) is 19.1. The van der Waals surface area contributed by atoms with E-state index in [1.54, 1.807) is 13.2 Å². The van der Waals surface area contributed by atoms with Gasteiger partial charge in [-0.1, -0.05) is 11.2 Å². The normalized spacial score (nSPS) is 16.3. The molecule has 1 aliphatic heterocycles. The number of likely N-dealkylation sites (tertiary alicyclic amines) is 1. The Morgan fingerprint density at radius 3 is 2.76 bits per heavy atom. The number of rotatable bonds is 4. The Hall–Kier alpha value is -3.22. The molecule has 4 rings (SSSR count). The van der Waals surface area contributed by atoms with Crippen molar-refractivity contribution >= 4 is 5.91 Å². The molecule has 1 fully saturated rings. The van der Waals surface area contributed by atoms with E-state index in [2.05, 4.69) is 15.1 Å². The number of aromatic nitrogens is 3. The fourth-order valence-electron chi connectivity index (χ4n) is 3.98. The van der Waals surface area contributed by atoms with Gasteiger partial charge in [-0.25, -0.2) is 9.97 Å². The van der Waals surface area contributed by atoms with Crippen molar-refractivity contribution in [2.24, 2.45) is 0 Å². The number of nitrogens with zero attached hydrogens (tertiary/aromatic N) is 4. The lowest BCUT2D eigenvalue weighted by Crippen LogP contribution is -2.31. The molecule has 1 atom stereocenters. The van der Waals surface area contributed by atoms with Crippen molar-refractivity contribution in [2.75, 3.05) is 13.7 Å². The molecule has 29 heavy (non-hydrogen) atoms. The van der Waals surface area contributed by atoms with Crippen LogP contribution >= 0.6 is 0 Å². The zero-order valence-electron chi connectivity index (χ0n) is 17.1. The molecule has 150 valence electrons. The van der Waals surface area contributed by atoms with Crippen LogP contribution in [0, 0.1) is 20.8 Å². The molecule has 1 saturated heterocycles. The third kappa shape index (κ3) is 3.60. The first-order valence-electron chi connectivity index (χ1n) is 9.71. The molecule has 0 bridgehead atoms. The molecule has 0 radical (unpaired) electrons. The van der Waals surface area contributed by atoms with E-state index in [9.17, 15) is 4.79 Å². The lowest BCUT2D eigenvalue weighted by Gasteiger charge is -2.25. The van der Waals surface area contributed by atoms with Crippen LogP contribution < -0.4 is 4.74 Å². The number of amides is 1. The third-order valence-electron chi connectivity index (χ3n) is 5.32. The summed E-state index contributed by atoms with van der Waals surface area (Å²) in [5, 5.41) is 4.04. The molecule has 0 saturated carbocycles. The summed E-state index contributed by atoms with van der Waals surface area (Å²) in [6, 6.07) is 9.14. The predicted molar refractivity (Wildman–Crippen MR) is 108 cm³/mol. The second-order valence-electron chi connectivity index (χ2n) is 7.31. The molecule has 0 unspecified atom stereocenters. The lowest BCUT2D eigenvalue weighted by atomic mass is 10.0. The van der Waals surface area contributed by atoms with Crippen LogP contribution in [0.3, 0.4) is 0 Å². The van der Waals surface area contributed by atoms with Gasteiger partial charge in [-0.2, -0.15) is 0 Å². The predicted octanol–water partition coefficient (Wildman–Crippen LogP) is 4.04. The van der Waals surface area contributed by atoms with Gasteiger partial charge in [0.15, 0.2) is 0 Å². The van der Waals surface area contributed by atoms with Gasteiger partial charge in [0.25, 0.3) is 5.91 Å². The minimum absolute atomic E-state index is 0.0124. The number of methoxy groups -OCH3 is 1. The summed E-state index contributed by atoms with van der Waals surface area (Å²) in [7, 11) is 1.60. The fraction of sp³-hybridized carbons (Fsp3) is 0.364. The molecule has 0 aliphatic carbocycles. The highest BCUT2D eigenvalue weighted by Crippen LogP contribution is 2.35. The summed E-state index contributed by atoms with van der Waals surface area (Å²) in [5.41, 5.74) is 3.93. The fourth-order valence-corrected chi connectivity index (χ4v) is 3.98. The quantitative estimate of drug-likeness (QED) is 0.666. The van der Waals surface area contributed by atoms with Crippen LogP contribution in [0.2, 0.25) is 0 Å². The van der Waals surface area contributed by atoms with Gasteiger partial charge >= 0.3 is 0 Å². The van der Waals surface area contributed by atoms with E-state index in [4.69, 9.17) is 9.26 Å².